The maximum Gasteiger partial charge on any atom is 0.223 e. The summed E-state index contributed by atoms with van der Waals surface area (Å²) in [5, 5.41) is 7.63. The summed E-state index contributed by atoms with van der Waals surface area (Å²) in [4.78, 5) is 26.7. The molecule has 2 heterocycles. The lowest BCUT2D eigenvalue weighted by atomic mass is 10.0. The van der Waals surface area contributed by atoms with Crippen LogP contribution in [0.1, 0.15) is 56.3 Å². The van der Waals surface area contributed by atoms with Crippen LogP contribution in [0.5, 0.6) is 0 Å². The van der Waals surface area contributed by atoms with Crippen molar-refractivity contribution in [2.75, 3.05) is 6.54 Å². The summed E-state index contributed by atoms with van der Waals surface area (Å²) in [5.41, 5.74) is 1.95. The van der Waals surface area contributed by atoms with E-state index in [1.54, 1.807) is 0 Å². The fourth-order valence-corrected chi connectivity index (χ4v) is 4.35. The van der Waals surface area contributed by atoms with Crippen LogP contribution >= 0.6 is 0 Å². The van der Waals surface area contributed by atoms with Crippen molar-refractivity contribution < 1.29 is 9.59 Å². The first-order valence-corrected chi connectivity index (χ1v) is 9.97. The normalized spacial score (nSPS) is 22.6. The minimum atomic E-state index is 0.162. The van der Waals surface area contributed by atoms with Crippen molar-refractivity contribution in [1.82, 2.24) is 20.0 Å². The van der Waals surface area contributed by atoms with E-state index in [-0.39, 0.29) is 17.7 Å². The van der Waals surface area contributed by atoms with Crippen molar-refractivity contribution in [1.29, 1.82) is 0 Å². The van der Waals surface area contributed by atoms with E-state index >= 15 is 0 Å². The zero-order valence-electron chi connectivity index (χ0n) is 15.3. The number of rotatable bonds is 5. The molecule has 140 valence electrons. The third kappa shape index (κ3) is 3.84. The van der Waals surface area contributed by atoms with E-state index in [9.17, 15) is 9.59 Å². The fraction of sp³-hybridized carbons (Fsp3) is 0.650. The zero-order valence-corrected chi connectivity index (χ0v) is 15.3. The second-order valence-electron chi connectivity index (χ2n) is 7.83. The molecule has 0 radical (unpaired) electrons. The van der Waals surface area contributed by atoms with Gasteiger partial charge in [-0.25, -0.2) is 0 Å². The van der Waals surface area contributed by atoms with Gasteiger partial charge in [0.25, 0.3) is 0 Å². The lowest BCUT2D eigenvalue weighted by molar-refractivity contribution is -0.133. The van der Waals surface area contributed by atoms with Crippen molar-refractivity contribution in [2.24, 2.45) is 11.8 Å². The molecule has 0 bridgehead atoms. The van der Waals surface area contributed by atoms with Crippen molar-refractivity contribution in [3.05, 3.63) is 29.6 Å². The highest BCUT2D eigenvalue weighted by Crippen LogP contribution is 2.25. The average molecular weight is 356 g/mol. The Kier molecular flexibility index (Phi) is 5.09. The highest BCUT2D eigenvalue weighted by atomic mass is 16.2. The first-order valence-electron chi connectivity index (χ1n) is 9.97. The number of fused-ring (bicyclic) bond motifs is 1. The van der Waals surface area contributed by atoms with Gasteiger partial charge in [0.15, 0.2) is 0 Å². The molecule has 6 heteroatoms. The number of allylic oxidation sites excluding steroid dienone is 2. The molecule has 2 amide bonds. The van der Waals surface area contributed by atoms with Gasteiger partial charge in [0.2, 0.25) is 11.8 Å². The number of carbonyl (C=O) groups excluding carboxylic acids is 2. The third-order valence-corrected chi connectivity index (χ3v) is 5.92. The summed E-state index contributed by atoms with van der Waals surface area (Å²) in [6, 6.07) is 2.03. The minimum Gasteiger partial charge on any atom is -0.350 e. The molecule has 1 N–H and O–H groups in total. The maximum absolute atomic E-state index is 12.5. The van der Waals surface area contributed by atoms with Crippen LogP contribution in [-0.4, -0.2) is 33.0 Å². The van der Waals surface area contributed by atoms with E-state index < -0.39 is 0 Å². The number of hydrogen-bond donors (Lipinski definition) is 1. The summed E-state index contributed by atoms with van der Waals surface area (Å²) in [6.45, 7) is 2.56. The molecule has 0 spiro atoms. The van der Waals surface area contributed by atoms with Crippen molar-refractivity contribution in [2.45, 2.75) is 64.6 Å². The van der Waals surface area contributed by atoms with Crippen LogP contribution in [0.2, 0.25) is 0 Å². The summed E-state index contributed by atoms with van der Waals surface area (Å²) < 4.78 is 1.98. The Morgan fingerprint density at radius 1 is 1.19 bits per heavy atom. The molecule has 26 heavy (non-hydrogen) atoms. The predicted octanol–water partition coefficient (Wildman–Crippen LogP) is 2.39. The highest BCUT2D eigenvalue weighted by Gasteiger charge is 2.25. The molecular formula is C20H28N4O2. The maximum atomic E-state index is 12.5. The van der Waals surface area contributed by atoms with Gasteiger partial charge in [0.1, 0.15) is 0 Å². The highest BCUT2D eigenvalue weighted by molar-refractivity contribution is 5.78. The molecule has 0 unspecified atom stereocenters. The van der Waals surface area contributed by atoms with Crippen molar-refractivity contribution in [3.8, 4) is 0 Å². The van der Waals surface area contributed by atoms with Gasteiger partial charge in [-0.05, 0) is 37.7 Å². The molecule has 1 aromatic rings. The van der Waals surface area contributed by atoms with Crippen LogP contribution in [-0.2, 0) is 29.2 Å². The van der Waals surface area contributed by atoms with E-state index in [1.165, 1.54) is 0 Å². The van der Waals surface area contributed by atoms with Gasteiger partial charge < -0.3 is 10.2 Å². The summed E-state index contributed by atoms with van der Waals surface area (Å²) in [6.07, 6.45) is 11.5. The molecule has 2 aliphatic carbocycles. The van der Waals surface area contributed by atoms with Crippen LogP contribution in [0.25, 0.3) is 0 Å². The Morgan fingerprint density at radius 3 is 2.81 bits per heavy atom. The molecule has 1 aliphatic heterocycles. The standard InChI is InChI=1S/C20H28N4O2/c25-19(11-15-5-1-2-6-15)23-9-10-24-18(14-23)12-17(22-24)13-21-20(26)16-7-3-4-8-16/h1,5,12,15-16H,2-4,6-11,13-14H2,(H,21,26)/t15-/m1/s1. The second kappa shape index (κ2) is 7.64. The first kappa shape index (κ1) is 17.3. The van der Waals surface area contributed by atoms with Crippen LogP contribution in [0.15, 0.2) is 18.2 Å². The van der Waals surface area contributed by atoms with Gasteiger partial charge in [0.05, 0.1) is 31.0 Å². The predicted molar refractivity (Wildman–Crippen MR) is 97.9 cm³/mol. The Bertz CT molecular complexity index is 703. The molecule has 4 rings (SSSR count). The second-order valence-corrected chi connectivity index (χ2v) is 7.83. The smallest absolute Gasteiger partial charge is 0.223 e. The lowest BCUT2D eigenvalue weighted by Gasteiger charge is -2.28. The van der Waals surface area contributed by atoms with Gasteiger partial charge in [-0.15, -0.1) is 0 Å². The van der Waals surface area contributed by atoms with Crippen molar-refractivity contribution >= 4 is 11.8 Å². The van der Waals surface area contributed by atoms with Gasteiger partial charge in [-0.3, -0.25) is 14.3 Å². The largest absolute Gasteiger partial charge is 0.350 e. The van der Waals surface area contributed by atoms with Gasteiger partial charge >= 0.3 is 0 Å². The van der Waals surface area contributed by atoms with Crippen LogP contribution < -0.4 is 5.32 Å². The van der Waals surface area contributed by atoms with Gasteiger partial charge in [-0.1, -0.05) is 25.0 Å². The first-order chi connectivity index (χ1) is 12.7. The number of carbonyl (C=O) groups is 2. The lowest BCUT2D eigenvalue weighted by Crippen LogP contribution is -2.38. The molecule has 3 aliphatic rings. The molecule has 1 atom stereocenters. The number of hydrogen-bond acceptors (Lipinski definition) is 3. The number of nitrogens with zero attached hydrogens (tertiary/aromatic N) is 3. The van der Waals surface area contributed by atoms with Crippen LogP contribution in [0.3, 0.4) is 0 Å². The third-order valence-electron chi connectivity index (χ3n) is 5.92. The van der Waals surface area contributed by atoms with E-state index in [0.717, 1.165) is 63.0 Å². The Morgan fingerprint density at radius 2 is 2.04 bits per heavy atom. The topological polar surface area (TPSA) is 67.2 Å². The summed E-state index contributed by atoms with van der Waals surface area (Å²) >= 11 is 0. The van der Waals surface area contributed by atoms with Gasteiger partial charge in [-0.2, -0.15) is 5.10 Å². The van der Waals surface area contributed by atoms with E-state index in [2.05, 4.69) is 22.6 Å². The molecule has 1 aromatic heterocycles. The SMILES string of the molecule is O=C(NCc1cc2n(n1)CCN(C(=O)C[C@@H]1C=CCC1)C2)C1CCCC1. The molecule has 0 saturated heterocycles. The molecular weight excluding hydrogens is 328 g/mol. The van der Waals surface area contributed by atoms with Crippen LogP contribution in [0.4, 0.5) is 0 Å². The Balaban J connectivity index is 1.31. The summed E-state index contributed by atoms with van der Waals surface area (Å²) in [7, 11) is 0. The molecule has 6 nitrogen and oxygen atoms in total. The average Bonchev–Trinajstić information content (AvgIpc) is 3.39. The quantitative estimate of drug-likeness (QED) is 0.824. The zero-order chi connectivity index (χ0) is 17.9. The molecule has 0 aromatic carbocycles. The summed E-state index contributed by atoms with van der Waals surface area (Å²) in [5.74, 6) is 1.00. The monoisotopic (exact) mass is 356 g/mol. The molecule has 1 fully saturated rings. The number of amides is 2. The fourth-order valence-electron chi connectivity index (χ4n) is 4.35. The van der Waals surface area contributed by atoms with Crippen molar-refractivity contribution in [3.63, 3.8) is 0 Å². The minimum absolute atomic E-state index is 0.162. The van der Waals surface area contributed by atoms with E-state index in [4.69, 9.17) is 0 Å². The number of aromatic nitrogens is 2. The van der Waals surface area contributed by atoms with E-state index in [1.807, 2.05) is 15.6 Å². The van der Waals surface area contributed by atoms with E-state index in [0.29, 0.717) is 25.4 Å². The molecule has 1 saturated carbocycles. The van der Waals surface area contributed by atoms with Crippen LogP contribution in [0, 0.1) is 11.8 Å². The Labute approximate surface area is 154 Å². The van der Waals surface area contributed by atoms with Gasteiger partial charge in [0, 0.05) is 18.9 Å². The number of nitrogens with one attached hydrogen (secondary N) is 1. The Hall–Kier alpha value is -2.11.